The second kappa shape index (κ2) is 5.23. The van der Waals surface area contributed by atoms with E-state index >= 15 is 0 Å². The molecule has 2 aromatic rings. The van der Waals surface area contributed by atoms with E-state index in [4.69, 9.17) is 9.47 Å². The van der Waals surface area contributed by atoms with Crippen molar-refractivity contribution in [3.05, 3.63) is 48.0 Å². The van der Waals surface area contributed by atoms with Gasteiger partial charge in [-0.15, -0.1) is 0 Å². The number of ether oxygens (including phenoxy) is 2. The molecule has 0 unspecified atom stereocenters. The number of hydrogen-bond acceptors (Lipinski definition) is 4. The quantitative estimate of drug-likeness (QED) is 0.840. The van der Waals surface area contributed by atoms with Gasteiger partial charge in [-0.1, -0.05) is 0 Å². The first kappa shape index (κ1) is 12.0. The maximum Gasteiger partial charge on any atom is 0.153 e. The minimum absolute atomic E-state index is 0.101. The fourth-order valence-electron chi connectivity index (χ4n) is 1.47. The molecular weight excluding hydrogens is 232 g/mol. The number of rotatable bonds is 4. The van der Waals surface area contributed by atoms with Crippen LogP contribution in [-0.2, 0) is 0 Å². The summed E-state index contributed by atoms with van der Waals surface area (Å²) in [6.07, 6.45) is 0.590. The van der Waals surface area contributed by atoms with Crippen LogP contribution in [0.5, 0.6) is 23.0 Å². The molecule has 0 aliphatic carbocycles. The molecule has 2 rings (SSSR count). The Labute approximate surface area is 104 Å². The molecule has 0 saturated carbocycles. The number of phenols is 1. The molecule has 1 N–H and O–H groups in total. The van der Waals surface area contributed by atoms with Crippen LogP contribution >= 0.6 is 0 Å². The summed E-state index contributed by atoms with van der Waals surface area (Å²) in [5.41, 5.74) is 0.233. The Morgan fingerprint density at radius 3 is 2.17 bits per heavy atom. The van der Waals surface area contributed by atoms with E-state index in [1.807, 2.05) is 0 Å². The first-order valence-corrected chi connectivity index (χ1v) is 5.33. The van der Waals surface area contributed by atoms with Gasteiger partial charge in [0.05, 0.1) is 12.7 Å². The summed E-state index contributed by atoms with van der Waals surface area (Å²) in [4.78, 5) is 10.6. The number of aromatic hydroxyl groups is 1. The zero-order valence-corrected chi connectivity index (χ0v) is 9.79. The molecule has 4 nitrogen and oxygen atoms in total. The molecule has 4 heteroatoms. The molecule has 0 aromatic heterocycles. The first-order valence-electron chi connectivity index (χ1n) is 5.33. The van der Waals surface area contributed by atoms with Crippen molar-refractivity contribution in [2.24, 2.45) is 0 Å². The molecule has 0 aliphatic heterocycles. The average molecular weight is 244 g/mol. The fraction of sp³-hybridized carbons (Fsp3) is 0.0714. The van der Waals surface area contributed by atoms with Crippen LogP contribution in [0.15, 0.2) is 42.5 Å². The third-order valence-corrected chi connectivity index (χ3v) is 2.42. The Morgan fingerprint density at radius 1 is 1.00 bits per heavy atom. The third kappa shape index (κ3) is 2.60. The lowest BCUT2D eigenvalue weighted by Gasteiger charge is -2.07. The predicted octanol–water partition coefficient (Wildman–Crippen LogP) is 3.01. The largest absolute Gasteiger partial charge is 0.507 e. The summed E-state index contributed by atoms with van der Waals surface area (Å²) in [7, 11) is 1.59. The summed E-state index contributed by atoms with van der Waals surface area (Å²) in [5, 5.41) is 9.52. The lowest BCUT2D eigenvalue weighted by molar-refractivity contribution is 0.112. The Kier molecular flexibility index (Phi) is 3.48. The van der Waals surface area contributed by atoms with Crippen LogP contribution in [0.1, 0.15) is 10.4 Å². The molecule has 0 aliphatic rings. The lowest BCUT2D eigenvalue weighted by Crippen LogP contribution is -1.87. The maximum absolute atomic E-state index is 10.6. The molecule has 0 radical (unpaired) electrons. The minimum atomic E-state index is -0.101. The second-order valence-corrected chi connectivity index (χ2v) is 3.62. The topological polar surface area (TPSA) is 55.8 Å². The van der Waals surface area contributed by atoms with Gasteiger partial charge >= 0.3 is 0 Å². The number of carbonyl (C=O) groups excluding carboxylic acids is 1. The van der Waals surface area contributed by atoms with Crippen molar-refractivity contribution in [1.82, 2.24) is 0 Å². The number of methoxy groups -OCH3 is 1. The van der Waals surface area contributed by atoms with Crippen molar-refractivity contribution in [2.75, 3.05) is 7.11 Å². The highest BCUT2D eigenvalue weighted by atomic mass is 16.5. The van der Waals surface area contributed by atoms with Gasteiger partial charge in [0, 0.05) is 6.07 Å². The van der Waals surface area contributed by atoms with Crippen LogP contribution in [-0.4, -0.2) is 18.5 Å². The maximum atomic E-state index is 10.6. The highest BCUT2D eigenvalue weighted by molar-refractivity contribution is 5.79. The highest BCUT2D eigenvalue weighted by Crippen LogP contribution is 2.27. The first-order chi connectivity index (χ1) is 8.72. The van der Waals surface area contributed by atoms with Crippen LogP contribution < -0.4 is 9.47 Å². The fourth-order valence-corrected chi connectivity index (χ4v) is 1.47. The summed E-state index contributed by atoms with van der Waals surface area (Å²) in [6, 6.07) is 11.6. The summed E-state index contributed by atoms with van der Waals surface area (Å²) >= 11 is 0. The molecular formula is C14H12O4. The van der Waals surface area contributed by atoms with Gasteiger partial charge in [-0.05, 0) is 36.4 Å². The number of hydrogen-bond donors (Lipinski definition) is 1. The molecule has 0 amide bonds. The van der Waals surface area contributed by atoms with Crippen LogP contribution in [0.25, 0.3) is 0 Å². The molecule has 0 bridgehead atoms. The molecule has 0 heterocycles. The summed E-state index contributed by atoms with van der Waals surface area (Å²) < 4.78 is 10.6. The Bertz CT molecular complexity index is 546. The van der Waals surface area contributed by atoms with E-state index in [2.05, 4.69) is 0 Å². The van der Waals surface area contributed by atoms with E-state index in [0.29, 0.717) is 17.8 Å². The summed E-state index contributed by atoms with van der Waals surface area (Å²) in [5.74, 6) is 1.72. The Morgan fingerprint density at radius 2 is 1.61 bits per heavy atom. The smallest absolute Gasteiger partial charge is 0.153 e. The zero-order chi connectivity index (χ0) is 13.0. The Hall–Kier alpha value is -2.49. The van der Waals surface area contributed by atoms with Crippen LogP contribution in [0.4, 0.5) is 0 Å². The summed E-state index contributed by atoms with van der Waals surface area (Å²) in [6.45, 7) is 0. The van der Waals surface area contributed by atoms with E-state index in [0.717, 1.165) is 5.75 Å². The minimum Gasteiger partial charge on any atom is -0.507 e. The van der Waals surface area contributed by atoms with Gasteiger partial charge in [0.25, 0.3) is 0 Å². The highest BCUT2D eigenvalue weighted by Gasteiger charge is 2.03. The van der Waals surface area contributed by atoms with Gasteiger partial charge < -0.3 is 14.6 Å². The molecule has 0 saturated heterocycles. The van der Waals surface area contributed by atoms with Crippen molar-refractivity contribution in [2.45, 2.75) is 0 Å². The predicted molar refractivity (Wildman–Crippen MR) is 66.6 cm³/mol. The van der Waals surface area contributed by atoms with Crippen molar-refractivity contribution >= 4 is 6.29 Å². The van der Waals surface area contributed by atoms with Crippen molar-refractivity contribution in [3.63, 3.8) is 0 Å². The van der Waals surface area contributed by atoms with Crippen molar-refractivity contribution in [1.29, 1.82) is 0 Å². The van der Waals surface area contributed by atoms with E-state index in [9.17, 15) is 9.90 Å². The van der Waals surface area contributed by atoms with E-state index in [1.165, 1.54) is 12.1 Å². The average Bonchev–Trinajstić information content (AvgIpc) is 2.40. The van der Waals surface area contributed by atoms with Gasteiger partial charge in [-0.2, -0.15) is 0 Å². The monoisotopic (exact) mass is 244 g/mol. The SMILES string of the molecule is COc1ccc(Oc2ccc(C=O)c(O)c2)cc1. The molecule has 92 valence electrons. The number of carbonyl (C=O) groups is 1. The zero-order valence-electron chi connectivity index (χ0n) is 9.79. The van der Waals surface area contributed by atoms with Gasteiger partial charge in [0.1, 0.15) is 23.0 Å². The molecule has 2 aromatic carbocycles. The lowest BCUT2D eigenvalue weighted by atomic mass is 10.2. The van der Waals surface area contributed by atoms with Crippen molar-refractivity contribution < 1.29 is 19.4 Å². The number of benzene rings is 2. The van der Waals surface area contributed by atoms with Crippen LogP contribution in [0, 0.1) is 0 Å². The van der Waals surface area contributed by atoms with Crippen LogP contribution in [0.3, 0.4) is 0 Å². The normalized spacial score (nSPS) is 9.83. The van der Waals surface area contributed by atoms with Crippen LogP contribution in [0.2, 0.25) is 0 Å². The molecule has 18 heavy (non-hydrogen) atoms. The molecule has 0 spiro atoms. The van der Waals surface area contributed by atoms with Crippen molar-refractivity contribution in [3.8, 4) is 23.0 Å². The van der Waals surface area contributed by atoms with E-state index in [-0.39, 0.29) is 11.3 Å². The standard InChI is InChI=1S/C14H12O4/c1-17-11-4-6-12(7-5-11)18-13-3-2-10(9-15)14(16)8-13/h2-9,16H,1H3. The molecule has 0 atom stereocenters. The van der Waals surface area contributed by atoms with E-state index < -0.39 is 0 Å². The second-order valence-electron chi connectivity index (χ2n) is 3.62. The molecule has 0 fully saturated rings. The Balaban J connectivity index is 2.17. The third-order valence-electron chi connectivity index (χ3n) is 2.42. The van der Waals surface area contributed by atoms with Gasteiger partial charge in [0.2, 0.25) is 0 Å². The van der Waals surface area contributed by atoms with Gasteiger partial charge in [-0.3, -0.25) is 4.79 Å². The van der Waals surface area contributed by atoms with Gasteiger partial charge in [-0.25, -0.2) is 0 Å². The van der Waals surface area contributed by atoms with E-state index in [1.54, 1.807) is 37.4 Å². The number of aldehydes is 1. The van der Waals surface area contributed by atoms with Gasteiger partial charge in [0.15, 0.2) is 6.29 Å². The number of phenolic OH excluding ortho intramolecular Hbond substituents is 1.